The van der Waals surface area contributed by atoms with Crippen LogP contribution in [0.15, 0.2) is 30.3 Å². The minimum absolute atomic E-state index is 1.25. The molecule has 0 heterocycles. The summed E-state index contributed by atoms with van der Waals surface area (Å²) in [7, 11) is 0.943. The third kappa shape index (κ3) is 6.12. The van der Waals surface area contributed by atoms with E-state index in [-0.39, 0.29) is 0 Å². The van der Waals surface area contributed by atoms with Crippen LogP contribution in [0.3, 0.4) is 0 Å². The topological polar surface area (TPSA) is 51.2 Å². The first kappa shape index (κ1) is 28.6. The molecule has 1 N–H and O–H groups in total. The van der Waals surface area contributed by atoms with Crippen LogP contribution in [-0.4, -0.2) is 26.4 Å². The van der Waals surface area contributed by atoms with Crippen LogP contribution in [0.1, 0.15) is 0 Å². The van der Waals surface area contributed by atoms with Crippen molar-refractivity contribution in [3.63, 3.8) is 0 Å². The molecule has 0 aliphatic carbocycles. The Morgan fingerprint density at radius 3 is 1.31 bits per heavy atom. The van der Waals surface area contributed by atoms with Crippen LogP contribution < -0.4 is 14.4 Å². The van der Waals surface area contributed by atoms with Gasteiger partial charge >= 0.3 is 7.32 Å². The second-order valence-electron chi connectivity index (χ2n) is 6.63. The van der Waals surface area contributed by atoms with Crippen molar-refractivity contribution in [3.05, 3.63) is 88.5 Å². The van der Waals surface area contributed by atoms with Gasteiger partial charge in [0.05, 0.1) is 0 Å². The van der Waals surface area contributed by atoms with E-state index in [1.165, 1.54) is 5.69 Å². The van der Waals surface area contributed by atoms with Gasteiger partial charge in [-0.1, -0.05) is 18.2 Å². The van der Waals surface area contributed by atoms with Gasteiger partial charge in [0.1, 0.15) is 0 Å². The molecule has 0 radical (unpaired) electrons. The van der Waals surface area contributed by atoms with E-state index in [0.29, 0.717) is 0 Å². The molecule has 0 unspecified atom stereocenters. The predicted octanol–water partition coefficient (Wildman–Crippen LogP) is 5.20. The fraction of sp³-hybridized carbons (Fsp3) is 0.100. The van der Waals surface area contributed by atoms with Crippen LogP contribution >= 0.6 is 0 Å². The van der Waals surface area contributed by atoms with Crippen molar-refractivity contribution in [1.82, 2.24) is 0 Å². The Morgan fingerprint density at radius 2 is 0.944 bits per heavy atom. The first-order valence-electron chi connectivity index (χ1n) is 9.22. The van der Waals surface area contributed by atoms with Crippen LogP contribution in [0, 0.1) is 58.2 Å². The van der Waals surface area contributed by atoms with E-state index >= 15 is 0 Å². The maximum atomic E-state index is 13.3. The van der Waals surface area contributed by atoms with E-state index < -0.39 is 77.0 Å². The summed E-state index contributed by atoms with van der Waals surface area (Å²) in [5, 5.41) is 9.09. The van der Waals surface area contributed by atoms with E-state index in [0.717, 1.165) is 0 Å². The third-order valence-corrected chi connectivity index (χ3v) is 4.04. The first-order valence-corrected chi connectivity index (χ1v) is 9.22. The van der Waals surface area contributed by atoms with Crippen molar-refractivity contribution in [2.75, 3.05) is 19.0 Å². The van der Waals surface area contributed by atoms with Crippen molar-refractivity contribution in [1.29, 1.82) is 0 Å². The number of para-hydroxylation sites is 1. The van der Waals surface area contributed by atoms with E-state index in [1.54, 1.807) is 0 Å². The third-order valence-electron chi connectivity index (χ3n) is 4.04. The van der Waals surface area contributed by atoms with Gasteiger partial charge < -0.3 is 19.5 Å². The fourth-order valence-electron chi connectivity index (χ4n) is 2.28. The summed E-state index contributed by atoms with van der Waals surface area (Å²) in [5.41, 5.74) is 1.25. The molecule has 0 aromatic heterocycles. The minimum atomic E-state index is -3.13. The summed E-state index contributed by atoms with van der Waals surface area (Å²) < 4.78 is 134. The number of anilines is 1. The van der Waals surface area contributed by atoms with Crippen molar-refractivity contribution >= 4 is 13.0 Å². The van der Waals surface area contributed by atoms with Crippen LogP contribution in [0.5, 0.6) is 11.5 Å². The Kier molecular flexibility index (Phi) is 9.41. The molecule has 3 aromatic rings. The van der Waals surface area contributed by atoms with Gasteiger partial charge in [0, 0.05) is 19.8 Å². The Morgan fingerprint density at radius 1 is 0.583 bits per heavy atom. The lowest BCUT2D eigenvalue weighted by Crippen LogP contribution is -2.30. The van der Waals surface area contributed by atoms with Crippen LogP contribution in [0.4, 0.5) is 49.6 Å². The summed E-state index contributed by atoms with van der Waals surface area (Å²) in [6.07, 6.45) is 0. The van der Waals surface area contributed by atoms with Crippen molar-refractivity contribution in [2.45, 2.75) is 0 Å². The number of nitrogens with zero attached hydrogens (tertiary/aromatic N) is 1. The summed E-state index contributed by atoms with van der Waals surface area (Å²) in [6.45, 7) is 0. The SMILES string of the molecule is CN(C)c1ccccc1.OB(OOc1c(F)c(F)c(F)c(F)c1F)Oc1c(F)c(F)c(F)c(F)c1F. The maximum Gasteiger partial charge on any atom is 0.748 e. The molecule has 36 heavy (non-hydrogen) atoms. The van der Waals surface area contributed by atoms with Crippen molar-refractivity contribution in [2.24, 2.45) is 0 Å². The second kappa shape index (κ2) is 11.9. The molecule has 3 aromatic carbocycles. The fourth-order valence-corrected chi connectivity index (χ4v) is 2.28. The Bertz CT molecular complexity index is 1180. The van der Waals surface area contributed by atoms with Gasteiger partial charge in [-0.2, -0.15) is 22.4 Å². The van der Waals surface area contributed by atoms with Crippen molar-refractivity contribution in [3.8, 4) is 11.5 Å². The molecule has 0 amide bonds. The summed E-state index contributed by atoms with van der Waals surface area (Å²) in [4.78, 5) is 9.28. The molecule has 194 valence electrons. The van der Waals surface area contributed by atoms with Gasteiger partial charge in [0.25, 0.3) is 0 Å². The lowest BCUT2D eigenvalue weighted by atomic mass is 10.2. The van der Waals surface area contributed by atoms with E-state index in [2.05, 4.69) is 31.4 Å². The van der Waals surface area contributed by atoms with Gasteiger partial charge in [0.15, 0.2) is 5.75 Å². The highest BCUT2D eigenvalue weighted by Gasteiger charge is 2.34. The lowest BCUT2D eigenvalue weighted by Gasteiger charge is -2.13. The molecule has 5 nitrogen and oxygen atoms in total. The molecule has 0 saturated carbocycles. The number of benzene rings is 3. The summed E-state index contributed by atoms with van der Waals surface area (Å²) >= 11 is 0. The Balaban J connectivity index is 0.000000425. The molecular weight excluding hydrogens is 519 g/mol. The van der Waals surface area contributed by atoms with Gasteiger partial charge in [-0.25, -0.2) is 26.3 Å². The minimum Gasteiger partial charge on any atom is -0.505 e. The molecular formula is C20H12BF10NO4. The van der Waals surface area contributed by atoms with Gasteiger partial charge in [-0.3, -0.25) is 0 Å². The van der Waals surface area contributed by atoms with E-state index in [4.69, 9.17) is 5.02 Å². The molecule has 0 fully saturated rings. The van der Waals surface area contributed by atoms with Gasteiger partial charge in [0.2, 0.25) is 63.9 Å². The molecule has 0 aliphatic rings. The van der Waals surface area contributed by atoms with Crippen molar-refractivity contribution < 1.29 is 63.3 Å². The maximum absolute atomic E-state index is 13.3. The highest BCUT2D eigenvalue weighted by Crippen LogP contribution is 2.31. The first-order chi connectivity index (χ1) is 16.8. The van der Waals surface area contributed by atoms with E-state index in [1.807, 2.05) is 32.3 Å². The Labute approximate surface area is 196 Å². The standard InChI is InChI=1S/C12HBF10O4.C8H11N/c14-1-3(16)7(20)11(8(21)4(1)17)25-13(24)27-26-12-9(22)5(18)2(15)6(19)10(12)23;1-9(2)8-6-4-3-5-7-8/h24H;3-7H,1-2H3. The number of halogens is 10. The molecule has 0 bridgehead atoms. The summed E-state index contributed by atoms with van der Waals surface area (Å²) in [6, 6.07) is 10.3. The zero-order chi connectivity index (χ0) is 27.3. The average Bonchev–Trinajstić information content (AvgIpc) is 2.87. The number of hydrogen-bond donors (Lipinski definition) is 1. The molecule has 0 aliphatic heterocycles. The zero-order valence-electron chi connectivity index (χ0n) is 17.9. The Hall–Kier alpha value is -3.66. The van der Waals surface area contributed by atoms with Crippen LogP contribution in [0.2, 0.25) is 0 Å². The highest BCUT2D eigenvalue weighted by atomic mass is 19.2. The smallest absolute Gasteiger partial charge is 0.505 e. The van der Waals surface area contributed by atoms with E-state index in [9.17, 15) is 43.9 Å². The highest BCUT2D eigenvalue weighted by molar-refractivity contribution is 6.35. The zero-order valence-corrected chi connectivity index (χ0v) is 17.9. The molecule has 3 rings (SSSR count). The van der Waals surface area contributed by atoms with Crippen LogP contribution in [-0.2, 0) is 4.81 Å². The predicted molar refractivity (Wildman–Crippen MR) is 104 cm³/mol. The molecule has 16 heteroatoms. The van der Waals surface area contributed by atoms with Crippen LogP contribution in [0.25, 0.3) is 0 Å². The monoisotopic (exact) mass is 531 g/mol. The second-order valence-corrected chi connectivity index (χ2v) is 6.63. The molecule has 0 saturated heterocycles. The average molecular weight is 531 g/mol. The summed E-state index contributed by atoms with van der Waals surface area (Å²) in [5.74, 6) is -29.4. The normalized spacial score (nSPS) is 10.5. The lowest BCUT2D eigenvalue weighted by molar-refractivity contribution is -0.141. The number of rotatable bonds is 6. The van der Waals surface area contributed by atoms with Gasteiger partial charge in [-0.05, 0) is 12.1 Å². The molecule has 0 atom stereocenters. The molecule has 0 spiro atoms. The quantitative estimate of drug-likeness (QED) is 0.119. The van der Waals surface area contributed by atoms with Gasteiger partial charge in [-0.15, -0.1) is 0 Å². The largest absolute Gasteiger partial charge is 0.748 e. The number of hydrogen-bond acceptors (Lipinski definition) is 5.